The third-order valence-electron chi connectivity index (χ3n) is 4.44. The second-order valence-corrected chi connectivity index (χ2v) is 6.06. The minimum absolute atomic E-state index is 0.00898. The summed E-state index contributed by atoms with van der Waals surface area (Å²) < 4.78 is 3.56. The van der Waals surface area contributed by atoms with Gasteiger partial charge >= 0.3 is 0 Å². The van der Waals surface area contributed by atoms with E-state index in [1.54, 1.807) is 4.68 Å². The van der Waals surface area contributed by atoms with Crippen LogP contribution >= 0.6 is 0 Å². The fraction of sp³-hybridized carbons (Fsp3) is 0.368. The summed E-state index contributed by atoms with van der Waals surface area (Å²) in [5.74, 6) is 0.00898. The van der Waals surface area contributed by atoms with E-state index < -0.39 is 0 Å². The smallest absolute Gasteiger partial charge is 0.267 e. The molecule has 0 unspecified atom stereocenters. The van der Waals surface area contributed by atoms with Gasteiger partial charge in [0.1, 0.15) is 6.54 Å². The van der Waals surface area contributed by atoms with Crippen LogP contribution in [0.3, 0.4) is 0 Å². The number of unbranched alkanes of at least 4 members (excludes halogenated alkanes) is 1. The average Bonchev–Trinajstić information content (AvgIpc) is 3.07. The number of carbonyl (C=O) groups is 1. The molecule has 0 atom stereocenters. The Labute approximate surface area is 136 Å². The van der Waals surface area contributed by atoms with Crippen LogP contribution in [-0.4, -0.2) is 20.3 Å². The van der Waals surface area contributed by atoms with Crippen molar-refractivity contribution in [1.29, 1.82) is 0 Å². The molecule has 0 spiro atoms. The van der Waals surface area contributed by atoms with Gasteiger partial charge < -0.3 is 4.57 Å². The van der Waals surface area contributed by atoms with Gasteiger partial charge in [-0.1, -0.05) is 31.5 Å². The highest BCUT2D eigenvalue weighted by Crippen LogP contribution is 2.18. The number of fused-ring (bicyclic) bond motifs is 1. The Balaban J connectivity index is 1.86. The van der Waals surface area contributed by atoms with Crippen LogP contribution in [0.25, 0.3) is 10.9 Å². The summed E-state index contributed by atoms with van der Waals surface area (Å²) in [6, 6.07) is 10.1. The first-order chi connectivity index (χ1) is 11.1. The molecule has 0 radical (unpaired) electrons. The van der Waals surface area contributed by atoms with E-state index in [1.165, 1.54) is 5.56 Å². The van der Waals surface area contributed by atoms with Crippen LogP contribution in [0.1, 0.15) is 41.5 Å². The minimum Gasteiger partial charge on any atom is -0.338 e. The van der Waals surface area contributed by atoms with Gasteiger partial charge in [-0.05, 0) is 49.8 Å². The van der Waals surface area contributed by atoms with Gasteiger partial charge in [-0.3, -0.25) is 4.79 Å². The molecule has 120 valence electrons. The van der Waals surface area contributed by atoms with Gasteiger partial charge in [-0.25, -0.2) is 4.68 Å². The molecule has 4 nitrogen and oxygen atoms in total. The zero-order chi connectivity index (χ0) is 16.4. The van der Waals surface area contributed by atoms with Crippen LogP contribution in [0, 0.1) is 13.8 Å². The predicted molar refractivity (Wildman–Crippen MR) is 92.9 cm³/mol. The third kappa shape index (κ3) is 2.93. The van der Waals surface area contributed by atoms with Crippen LogP contribution < -0.4 is 0 Å². The average molecular weight is 309 g/mol. The number of aryl methyl sites for hydroxylation is 1. The summed E-state index contributed by atoms with van der Waals surface area (Å²) in [5.41, 5.74) is 4.25. The van der Waals surface area contributed by atoms with Crippen molar-refractivity contribution in [3.63, 3.8) is 0 Å². The van der Waals surface area contributed by atoms with E-state index in [0.29, 0.717) is 6.54 Å². The van der Waals surface area contributed by atoms with Crippen molar-refractivity contribution in [3.8, 4) is 0 Å². The topological polar surface area (TPSA) is 39.8 Å². The molecule has 4 heteroatoms. The van der Waals surface area contributed by atoms with Crippen LogP contribution in [0.2, 0.25) is 0 Å². The third-order valence-corrected chi connectivity index (χ3v) is 4.44. The zero-order valence-corrected chi connectivity index (χ0v) is 14.0. The molecule has 0 aliphatic carbocycles. The Hall–Kier alpha value is -2.36. The maximum absolute atomic E-state index is 12.7. The van der Waals surface area contributed by atoms with Gasteiger partial charge in [0.25, 0.3) is 5.91 Å². The largest absolute Gasteiger partial charge is 0.338 e. The molecule has 0 fully saturated rings. The molecule has 0 bridgehead atoms. The molecule has 1 aromatic carbocycles. The second-order valence-electron chi connectivity index (χ2n) is 6.06. The monoisotopic (exact) mass is 309 g/mol. The minimum atomic E-state index is 0.00898. The highest BCUT2D eigenvalue weighted by atomic mass is 16.2. The summed E-state index contributed by atoms with van der Waals surface area (Å²) in [7, 11) is 0. The molecule has 3 rings (SSSR count). The van der Waals surface area contributed by atoms with Crippen LogP contribution in [-0.2, 0) is 13.0 Å². The Morgan fingerprint density at radius 1 is 1.17 bits per heavy atom. The van der Waals surface area contributed by atoms with E-state index in [0.717, 1.165) is 41.6 Å². The SMILES string of the molecule is CCCCc1c(C)nn(C(=O)Cn2ccc3ccccc32)c1C. The molecule has 3 aromatic rings. The van der Waals surface area contributed by atoms with Crippen LogP contribution in [0.15, 0.2) is 36.5 Å². The molecule has 0 saturated carbocycles. The van der Waals surface area contributed by atoms with Gasteiger partial charge in [0.15, 0.2) is 0 Å². The first-order valence-corrected chi connectivity index (χ1v) is 8.24. The molecule has 0 aliphatic heterocycles. The van der Waals surface area contributed by atoms with E-state index in [2.05, 4.69) is 18.1 Å². The van der Waals surface area contributed by atoms with Crippen molar-refractivity contribution in [3.05, 3.63) is 53.5 Å². The number of carbonyl (C=O) groups excluding carboxylic acids is 1. The molecular weight excluding hydrogens is 286 g/mol. The highest BCUT2D eigenvalue weighted by molar-refractivity contribution is 5.84. The molecule has 2 aromatic heterocycles. The fourth-order valence-electron chi connectivity index (χ4n) is 3.12. The summed E-state index contributed by atoms with van der Waals surface area (Å²) >= 11 is 0. The first kappa shape index (κ1) is 15.5. The molecule has 2 heterocycles. The van der Waals surface area contributed by atoms with Crippen LogP contribution in [0.4, 0.5) is 0 Å². The number of aromatic nitrogens is 3. The van der Waals surface area contributed by atoms with Crippen molar-refractivity contribution >= 4 is 16.8 Å². The van der Waals surface area contributed by atoms with Gasteiger partial charge in [-0.2, -0.15) is 5.10 Å². The van der Waals surface area contributed by atoms with Crippen molar-refractivity contribution in [2.45, 2.75) is 46.6 Å². The lowest BCUT2D eigenvalue weighted by molar-refractivity contribution is 0.0874. The maximum atomic E-state index is 12.7. The van der Waals surface area contributed by atoms with Crippen molar-refractivity contribution in [2.24, 2.45) is 0 Å². The predicted octanol–water partition coefficient (Wildman–Crippen LogP) is 4.14. The van der Waals surface area contributed by atoms with Gasteiger partial charge in [0.05, 0.1) is 5.69 Å². The standard InChI is InChI=1S/C19H23N3O/c1-4-5-9-17-14(2)20-22(15(17)3)19(23)13-21-12-11-16-8-6-7-10-18(16)21/h6-8,10-12H,4-5,9,13H2,1-3H3. The molecule has 0 aliphatic rings. The fourth-order valence-corrected chi connectivity index (χ4v) is 3.12. The van der Waals surface area contributed by atoms with Gasteiger partial charge in [0, 0.05) is 17.4 Å². The molecule has 0 saturated heterocycles. The lowest BCUT2D eigenvalue weighted by Crippen LogP contribution is -2.20. The van der Waals surface area contributed by atoms with E-state index in [-0.39, 0.29) is 5.91 Å². The maximum Gasteiger partial charge on any atom is 0.267 e. The Kier molecular flexibility index (Phi) is 4.33. The number of nitrogens with zero attached hydrogens (tertiary/aromatic N) is 3. The number of para-hydroxylation sites is 1. The first-order valence-electron chi connectivity index (χ1n) is 8.24. The van der Waals surface area contributed by atoms with Crippen molar-refractivity contribution < 1.29 is 4.79 Å². The number of hydrogen-bond acceptors (Lipinski definition) is 2. The number of benzene rings is 1. The molecule has 23 heavy (non-hydrogen) atoms. The van der Waals surface area contributed by atoms with E-state index in [4.69, 9.17) is 0 Å². The lowest BCUT2D eigenvalue weighted by atomic mass is 10.1. The summed E-state index contributed by atoms with van der Waals surface area (Å²) in [5, 5.41) is 5.63. The highest BCUT2D eigenvalue weighted by Gasteiger charge is 2.16. The molecular formula is C19H23N3O. The Bertz CT molecular complexity index is 842. The molecule has 0 N–H and O–H groups in total. The van der Waals surface area contributed by atoms with Gasteiger partial charge in [-0.15, -0.1) is 0 Å². The normalized spacial score (nSPS) is 11.3. The Morgan fingerprint density at radius 3 is 2.74 bits per heavy atom. The van der Waals surface area contributed by atoms with Gasteiger partial charge in [0.2, 0.25) is 0 Å². The quantitative estimate of drug-likeness (QED) is 0.710. The number of hydrogen-bond donors (Lipinski definition) is 0. The van der Waals surface area contributed by atoms with Crippen molar-refractivity contribution in [2.75, 3.05) is 0 Å². The van der Waals surface area contributed by atoms with Crippen LogP contribution in [0.5, 0.6) is 0 Å². The molecule has 0 amide bonds. The summed E-state index contributed by atoms with van der Waals surface area (Å²) in [6.07, 6.45) is 5.23. The Morgan fingerprint density at radius 2 is 1.96 bits per heavy atom. The summed E-state index contributed by atoms with van der Waals surface area (Å²) in [4.78, 5) is 12.7. The van der Waals surface area contributed by atoms with E-state index in [1.807, 2.05) is 48.9 Å². The van der Waals surface area contributed by atoms with E-state index >= 15 is 0 Å². The second kappa shape index (κ2) is 6.41. The number of rotatable bonds is 5. The summed E-state index contributed by atoms with van der Waals surface area (Å²) in [6.45, 7) is 6.48. The van der Waals surface area contributed by atoms with Crippen molar-refractivity contribution in [1.82, 2.24) is 14.3 Å². The van der Waals surface area contributed by atoms with E-state index in [9.17, 15) is 4.79 Å². The zero-order valence-electron chi connectivity index (χ0n) is 14.0. The lowest BCUT2D eigenvalue weighted by Gasteiger charge is -2.07.